The highest BCUT2D eigenvalue weighted by molar-refractivity contribution is 5.94. The molecule has 1 fully saturated rings. The lowest BCUT2D eigenvalue weighted by Crippen LogP contribution is -2.48. The monoisotopic (exact) mass is 303 g/mol. The van der Waals surface area contributed by atoms with Crippen molar-refractivity contribution in [1.82, 2.24) is 9.80 Å². The Morgan fingerprint density at radius 3 is 2.14 bits per heavy atom. The minimum Gasteiger partial charge on any atom is -0.314 e. The number of amides is 1. The van der Waals surface area contributed by atoms with Gasteiger partial charge in [-0.2, -0.15) is 0 Å². The molecule has 1 aromatic carbocycles. The summed E-state index contributed by atoms with van der Waals surface area (Å²) in [6.07, 6.45) is 0. The van der Waals surface area contributed by atoms with Crippen LogP contribution in [-0.4, -0.2) is 62.5 Å². The van der Waals surface area contributed by atoms with Gasteiger partial charge in [0.1, 0.15) is 0 Å². The molecule has 0 aromatic heterocycles. The second-order valence-corrected chi connectivity index (χ2v) is 7.33. The van der Waals surface area contributed by atoms with E-state index in [1.54, 1.807) is 4.90 Å². The molecule has 1 aliphatic rings. The quantitative estimate of drug-likeness (QED) is 0.856. The average molecular weight is 303 g/mol. The van der Waals surface area contributed by atoms with E-state index in [2.05, 4.69) is 49.8 Å². The fourth-order valence-corrected chi connectivity index (χ4v) is 2.63. The number of carbonyl (C=O) groups excluding carboxylic acids is 1. The van der Waals surface area contributed by atoms with Gasteiger partial charge in [-0.1, -0.05) is 32.9 Å². The van der Waals surface area contributed by atoms with E-state index in [4.69, 9.17) is 0 Å². The van der Waals surface area contributed by atoms with Crippen LogP contribution in [0.3, 0.4) is 0 Å². The molecule has 22 heavy (non-hydrogen) atoms. The molecule has 1 aliphatic heterocycles. The topological polar surface area (TPSA) is 26.8 Å². The third kappa shape index (κ3) is 4.31. The second kappa shape index (κ2) is 6.80. The number of anilines is 1. The van der Waals surface area contributed by atoms with Gasteiger partial charge in [-0.15, -0.1) is 0 Å². The lowest BCUT2D eigenvalue weighted by Gasteiger charge is -2.32. The lowest BCUT2D eigenvalue weighted by atomic mass is 9.87. The molecule has 0 bridgehead atoms. The minimum atomic E-state index is 0.140. The van der Waals surface area contributed by atoms with Crippen molar-refractivity contribution in [1.29, 1.82) is 0 Å². The van der Waals surface area contributed by atoms with Crippen molar-refractivity contribution in [3.8, 4) is 0 Å². The molecule has 0 atom stereocenters. The van der Waals surface area contributed by atoms with Crippen LogP contribution in [0.5, 0.6) is 0 Å². The van der Waals surface area contributed by atoms with Crippen LogP contribution in [0, 0.1) is 0 Å². The number of carbonyl (C=O) groups is 1. The van der Waals surface area contributed by atoms with E-state index >= 15 is 0 Å². The van der Waals surface area contributed by atoms with E-state index in [0.717, 1.165) is 31.9 Å². The minimum absolute atomic E-state index is 0.140. The first-order chi connectivity index (χ1) is 10.3. The molecule has 1 amide bonds. The maximum absolute atomic E-state index is 12.4. The molecule has 122 valence electrons. The SMILES string of the molecule is CN1CCN(CC(=O)N(C)c2ccc(C(C)(C)C)cc2)CC1. The van der Waals surface area contributed by atoms with Gasteiger partial charge in [-0.05, 0) is 30.2 Å². The average Bonchev–Trinajstić information content (AvgIpc) is 2.48. The Morgan fingerprint density at radius 1 is 1.09 bits per heavy atom. The van der Waals surface area contributed by atoms with E-state index < -0.39 is 0 Å². The van der Waals surface area contributed by atoms with E-state index in [1.165, 1.54) is 5.56 Å². The number of benzene rings is 1. The highest BCUT2D eigenvalue weighted by Crippen LogP contribution is 2.24. The summed E-state index contributed by atoms with van der Waals surface area (Å²) in [7, 11) is 3.99. The van der Waals surface area contributed by atoms with Crippen LogP contribution in [0.2, 0.25) is 0 Å². The Morgan fingerprint density at radius 2 is 1.64 bits per heavy atom. The highest BCUT2D eigenvalue weighted by atomic mass is 16.2. The largest absolute Gasteiger partial charge is 0.314 e. The Kier molecular flexibility index (Phi) is 5.24. The predicted molar refractivity (Wildman–Crippen MR) is 92.5 cm³/mol. The molecule has 0 N–H and O–H groups in total. The van der Waals surface area contributed by atoms with Crippen LogP contribution >= 0.6 is 0 Å². The first-order valence-electron chi connectivity index (χ1n) is 8.05. The summed E-state index contributed by atoms with van der Waals surface area (Å²) in [5, 5.41) is 0. The molecule has 1 saturated heterocycles. The van der Waals surface area contributed by atoms with E-state index in [1.807, 2.05) is 19.2 Å². The normalized spacial score (nSPS) is 17.5. The van der Waals surface area contributed by atoms with E-state index in [0.29, 0.717) is 6.54 Å². The molecular weight excluding hydrogens is 274 g/mol. The number of hydrogen-bond acceptors (Lipinski definition) is 3. The summed E-state index contributed by atoms with van der Waals surface area (Å²) >= 11 is 0. The van der Waals surface area contributed by atoms with Gasteiger partial charge in [0, 0.05) is 38.9 Å². The van der Waals surface area contributed by atoms with Gasteiger partial charge >= 0.3 is 0 Å². The van der Waals surface area contributed by atoms with Gasteiger partial charge in [-0.3, -0.25) is 9.69 Å². The zero-order chi connectivity index (χ0) is 16.3. The van der Waals surface area contributed by atoms with Crippen molar-refractivity contribution in [2.45, 2.75) is 26.2 Å². The summed E-state index contributed by atoms with van der Waals surface area (Å²) in [5.41, 5.74) is 2.39. The van der Waals surface area contributed by atoms with Gasteiger partial charge < -0.3 is 9.80 Å². The van der Waals surface area contributed by atoms with Crippen molar-refractivity contribution < 1.29 is 4.79 Å². The molecule has 1 aromatic rings. The summed E-state index contributed by atoms with van der Waals surface area (Å²) in [5.74, 6) is 0.160. The molecule has 4 heteroatoms. The third-order valence-corrected chi connectivity index (χ3v) is 4.45. The number of piperazine rings is 1. The molecular formula is C18H29N3O. The maximum atomic E-state index is 12.4. The highest BCUT2D eigenvalue weighted by Gasteiger charge is 2.20. The molecule has 4 nitrogen and oxygen atoms in total. The third-order valence-electron chi connectivity index (χ3n) is 4.45. The van der Waals surface area contributed by atoms with Gasteiger partial charge in [0.15, 0.2) is 0 Å². The van der Waals surface area contributed by atoms with Gasteiger partial charge in [-0.25, -0.2) is 0 Å². The zero-order valence-electron chi connectivity index (χ0n) is 14.6. The Hall–Kier alpha value is -1.39. The van der Waals surface area contributed by atoms with Crippen LogP contribution in [0.25, 0.3) is 0 Å². The van der Waals surface area contributed by atoms with Gasteiger partial charge in [0.25, 0.3) is 0 Å². The number of rotatable bonds is 3. The van der Waals surface area contributed by atoms with Crippen LogP contribution in [0.15, 0.2) is 24.3 Å². The summed E-state index contributed by atoms with van der Waals surface area (Å²) < 4.78 is 0. The van der Waals surface area contributed by atoms with Crippen molar-refractivity contribution >= 4 is 11.6 Å². The molecule has 0 unspecified atom stereocenters. The fourth-order valence-electron chi connectivity index (χ4n) is 2.63. The molecule has 1 heterocycles. The van der Waals surface area contributed by atoms with Crippen LogP contribution in [0.1, 0.15) is 26.3 Å². The fraction of sp³-hybridized carbons (Fsp3) is 0.611. The van der Waals surface area contributed by atoms with Crippen molar-refractivity contribution in [3.63, 3.8) is 0 Å². The molecule has 0 aliphatic carbocycles. The number of hydrogen-bond donors (Lipinski definition) is 0. The molecule has 0 saturated carbocycles. The molecule has 2 rings (SSSR count). The van der Waals surface area contributed by atoms with Gasteiger partial charge in [0.2, 0.25) is 5.91 Å². The maximum Gasteiger partial charge on any atom is 0.240 e. The van der Waals surface area contributed by atoms with E-state index in [-0.39, 0.29) is 11.3 Å². The second-order valence-electron chi connectivity index (χ2n) is 7.33. The zero-order valence-corrected chi connectivity index (χ0v) is 14.6. The molecule has 0 radical (unpaired) electrons. The Bertz CT molecular complexity index is 496. The smallest absolute Gasteiger partial charge is 0.240 e. The Balaban J connectivity index is 1.95. The Labute approximate surface area is 134 Å². The van der Waals surface area contributed by atoms with Crippen LogP contribution in [-0.2, 0) is 10.2 Å². The van der Waals surface area contributed by atoms with Crippen LogP contribution < -0.4 is 4.90 Å². The first kappa shape index (κ1) is 17.0. The standard InChI is InChI=1S/C18H29N3O/c1-18(2,3)15-6-8-16(9-7-15)20(5)17(22)14-21-12-10-19(4)11-13-21/h6-9H,10-14H2,1-5H3. The van der Waals surface area contributed by atoms with Crippen molar-refractivity contribution in [2.75, 3.05) is 51.7 Å². The summed E-state index contributed by atoms with van der Waals surface area (Å²) in [6.45, 7) is 11.1. The number of nitrogens with zero attached hydrogens (tertiary/aromatic N) is 3. The summed E-state index contributed by atoms with van der Waals surface area (Å²) in [4.78, 5) is 18.8. The lowest BCUT2D eigenvalue weighted by molar-refractivity contribution is -0.119. The van der Waals surface area contributed by atoms with E-state index in [9.17, 15) is 4.79 Å². The van der Waals surface area contributed by atoms with Crippen molar-refractivity contribution in [3.05, 3.63) is 29.8 Å². The molecule has 0 spiro atoms. The van der Waals surface area contributed by atoms with Crippen molar-refractivity contribution in [2.24, 2.45) is 0 Å². The van der Waals surface area contributed by atoms with Gasteiger partial charge in [0.05, 0.1) is 6.54 Å². The first-order valence-corrected chi connectivity index (χ1v) is 8.05. The predicted octanol–water partition coefficient (Wildman–Crippen LogP) is 2.19. The number of likely N-dealkylation sites (N-methyl/N-ethyl adjacent to an activating group) is 2. The van der Waals surface area contributed by atoms with Crippen LogP contribution in [0.4, 0.5) is 5.69 Å². The summed E-state index contributed by atoms with van der Waals surface area (Å²) in [6, 6.07) is 8.33.